The van der Waals surface area contributed by atoms with Crippen LogP contribution in [0.5, 0.6) is 5.75 Å². The van der Waals surface area contributed by atoms with Gasteiger partial charge in [-0.25, -0.2) is 0 Å². The van der Waals surface area contributed by atoms with Crippen molar-refractivity contribution in [3.63, 3.8) is 0 Å². The smallest absolute Gasteiger partial charge is 0.118 e. The monoisotopic (exact) mass is 265 g/mol. The number of hydrogen-bond donors (Lipinski definition) is 1. The molecule has 1 unspecified atom stereocenters. The number of methoxy groups -OCH3 is 2. The normalized spacial score (nSPS) is 13.3. The molecule has 0 fully saturated rings. The number of nitrogens with two attached hydrogens (primary N) is 1. The molecule has 0 aliphatic carbocycles. The highest BCUT2D eigenvalue weighted by molar-refractivity contribution is 5.27. The summed E-state index contributed by atoms with van der Waals surface area (Å²) in [6, 6.07) is 8.23. The minimum atomic E-state index is -0.0622. The van der Waals surface area contributed by atoms with Gasteiger partial charge in [0.05, 0.1) is 12.7 Å². The van der Waals surface area contributed by atoms with Crippen LogP contribution in [0.25, 0.3) is 0 Å². The average molecular weight is 265 g/mol. The lowest BCUT2D eigenvalue weighted by molar-refractivity contribution is 0.0106. The maximum absolute atomic E-state index is 5.88. The fraction of sp³-hybridized carbons (Fsp3) is 0.625. The van der Waals surface area contributed by atoms with Gasteiger partial charge in [-0.2, -0.15) is 0 Å². The van der Waals surface area contributed by atoms with E-state index in [1.807, 2.05) is 12.1 Å². The first-order valence-electron chi connectivity index (χ1n) is 6.89. The molecule has 0 saturated carbocycles. The van der Waals surface area contributed by atoms with Gasteiger partial charge in [-0.15, -0.1) is 0 Å². The molecular formula is C16H27NO2. The molecule has 1 aromatic rings. The molecule has 108 valence electrons. The Hall–Kier alpha value is -1.06. The Morgan fingerprint density at radius 2 is 1.79 bits per heavy atom. The minimum Gasteiger partial charge on any atom is -0.497 e. The predicted molar refractivity (Wildman–Crippen MR) is 79.6 cm³/mol. The lowest BCUT2D eigenvalue weighted by Gasteiger charge is -2.25. The fourth-order valence-corrected chi connectivity index (χ4v) is 2.05. The van der Waals surface area contributed by atoms with Crippen molar-refractivity contribution in [2.24, 2.45) is 11.7 Å². The number of rotatable bonds is 8. The van der Waals surface area contributed by atoms with Crippen LogP contribution in [0.2, 0.25) is 0 Å². The summed E-state index contributed by atoms with van der Waals surface area (Å²) in [4.78, 5) is 0. The standard InChI is InChI=1S/C16H27NO2/c1-16(2,19-4)10-9-14(12-17)11-13-5-7-15(18-3)8-6-13/h5-8,14H,9-12,17H2,1-4H3. The maximum atomic E-state index is 5.88. The summed E-state index contributed by atoms with van der Waals surface area (Å²) in [5.41, 5.74) is 7.13. The summed E-state index contributed by atoms with van der Waals surface area (Å²) < 4.78 is 10.6. The van der Waals surface area contributed by atoms with Crippen LogP contribution >= 0.6 is 0 Å². The number of hydrogen-bond acceptors (Lipinski definition) is 3. The third-order valence-corrected chi connectivity index (χ3v) is 3.72. The second-order valence-corrected chi connectivity index (χ2v) is 5.66. The Kier molecular flexibility index (Phi) is 6.32. The first-order valence-corrected chi connectivity index (χ1v) is 6.89. The van der Waals surface area contributed by atoms with Gasteiger partial charge in [0.25, 0.3) is 0 Å². The first-order chi connectivity index (χ1) is 9.00. The van der Waals surface area contributed by atoms with Gasteiger partial charge in [-0.05, 0) is 63.3 Å². The summed E-state index contributed by atoms with van der Waals surface area (Å²) in [7, 11) is 3.45. The molecule has 2 N–H and O–H groups in total. The van der Waals surface area contributed by atoms with Crippen LogP contribution in [0.1, 0.15) is 32.3 Å². The molecule has 0 aliphatic rings. The molecule has 3 nitrogen and oxygen atoms in total. The summed E-state index contributed by atoms with van der Waals surface area (Å²) in [6.45, 7) is 4.95. The van der Waals surface area contributed by atoms with Crippen molar-refractivity contribution in [1.82, 2.24) is 0 Å². The molecule has 0 aliphatic heterocycles. The zero-order valence-corrected chi connectivity index (χ0v) is 12.6. The zero-order chi connectivity index (χ0) is 14.3. The summed E-state index contributed by atoms with van der Waals surface area (Å²) >= 11 is 0. The van der Waals surface area contributed by atoms with Crippen molar-refractivity contribution in [1.29, 1.82) is 0 Å². The molecule has 1 atom stereocenters. The molecule has 0 amide bonds. The van der Waals surface area contributed by atoms with Crippen LogP contribution < -0.4 is 10.5 Å². The molecule has 0 spiro atoms. The van der Waals surface area contributed by atoms with Gasteiger partial charge < -0.3 is 15.2 Å². The Balaban J connectivity index is 2.51. The van der Waals surface area contributed by atoms with Crippen molar-refractivity contribution in [2.75, 3.05) is 20.8 Å². The topological polar surface area (TPSA) is 44.5 Å². The average Bonchev–Trinajstić information content (AvgIpc) is 2.44. The summed E-state index contributed by atoms with van der Waals surface area (Å²) in [6.07, 6.45) is 3.13. The van der Waals surface area contributed by atoms with Gasteiger partial charge in [-0.1, -0.05) is 12.1 Å². The molecular weight excluding hydrogens is 238 g/mol. The third-order valence-electron chi connectivity index (χ3n) is 3.72. The highest BCUT2D eigenvalue weighted by atomic mass is 16.5. The first kappa shape index (κ1) is 16.0. The van der Waals surface area contributed by atoms with Crippen LogP contribution in [0.15, 0.2) is 24.3 Å². The van der Waals surface area contributed by atoms with Crippen LogP contribution in [0.4, 0.5) is 0 Å². The lowest BCUT2D eigenvalue weighted by Crippen LogP contribution is -2.26. The second-order valence-electron chi connectivity index (χ2n) is 5.66. The summed E-state index contributed by atoms with van der Waals surface area (Å²) in [5.74, 6) is 1.40. The van der Waals surface area contributed by atoms with E-state index < -0.39 is 0 Å². The molecule has 0 bridgehead atoms. The van der Waals surface area contributed by atoms with Crippen molar-refractivity contribution >= 4 is 0 Å². The molecule has 0 heterocycles. The third kappa shape index (κ3) is 5.62. The van der Waals surface area contributed by atoms with E-state index in [2.05, 4.69) is 26.0 Å². The Morgan fingerprint density at radius 1 is 1.16 bits per heavy atom. The lowest BCUT2D eigenvalue weighted by atomic mass is 9.90. The van der Waals surface area contributed by atoms with Crippen molar-refractivity contribution in [2.45, 2.75) is 38.7 Å². The van der Waals surface area contributed by atoms with E-state index in [-0.39, 0.29) is 5.60 Å². The zero-order valence-electron chi connectivity index (χ0n) is 12.6. The van der Waals surface area contributed by atoms with Crippen molar-refractivity contribution in [3.8, 4) is 5.75 Å². The Morgan fingerprint density at radius 3 is 2.26 bits per heavy atom. The maximum Gasteiger partial charge on any atom is 0.118 e. The van der Waals surface area contributed by atoms with Crippen molar-refractivity contribution < 1.29 is 9.47 Å². The van der Waals surface area contributed by atoms with Gasteiger partial charge in [-0.3, -0.25) is 0 Å². The SMILES string of the molecule is COc1ccc(CC(CN)CCC(C)(C)OC)cc1. The van der Waals surface area contributed by atoms with Crippen LogP contribution in [0, 0.1) is 5.92 Å². The number of benzene rings is 1. The Bertz CT molecular complexity index is 360. The fourth-order valence-electron chi connectivity index (χ4n) is 2.05. The van der Waals surface area contributed by atoms with Gasteiger partial charge in [0.2, 0.25) is 0 Å². The largest absolute Gasteiger partial charge is 0.497 e. The van der Waals surface area contributed by atoms with Gasteiger partial charge in [0, 0.05) is 7.11 Å². The number of ether oxygens (including phenoxy) is 2. The van der Waals surface area contributed by atoms with Crippen molar-refractivity contribution in [3.05, 3.63) is 29.8 Å². The predicted octanol–water partition coefficient (Wildman–Crippen LogP) is 3.02. The molecule has 3 heteroatoms. The van der Waals surface area contributed by atoms with Gasteiger partial charge in [0.1, 0.15) is 5.75 Å². The molecule has 0 radical (unpaired) electrons. The van der Waals surface area contributed by atoms with E-state index in [1.54, 1.807) is 14.2 Å². The highest BCUT2D eigenvalue weighted by Crippen LogP contribution is 2.22. The van der Waals surface area contributed by atoms with E-state index >= 15 is 0 Å². The highest BCUT2D eigenvalue weighted by Gasteiger charge is 2.18. The summed E-state index contributed by atoms with van der Waals surface area (Å²) in [5, 5.41) is 0. The van der Waals surface area contributed by atoms with Crippen LogP contribution in [0.3, 0.4) is 0 Å². The van der Waals surface area contributed by atoms with E-state index in [0.717, 1.165) is 25.0 Å². The quantitative estimate of drug-likeness (QED) is 0.786. The van der Waals surface area contributed by atoms with Crippen LogP contribution in [-0.4, -0.2) is 26.4 Å². The molecule has 1 rings (SSSR count). The molecule has 1 aromatic carbocycles. The van der Waals surface area contributed by atoms with Gasteiger partial charge >= 0.3 is 0 Å². The van der Waals surface area contributed by atoms with E-state index in [1.165, 1.54) is 5.56 Å². The van der Waals surface area contributed by atoms with E-state index in [0.29, 0.717) is 12.5 Å². The van der Waals surface area contributed by atoms with Crippen LogP contribution in [-0.2, 0) is 11.2 Å². The molecule has 0 saturated heterocycles. The van der Waals surface area contributed by atoms with E-state index in [4.69, 9.17) is 15.2 Å². The molecule has 0 aromatic heterocycles. The Labute approximate surface area is 117 Å². The minimum absolute atomic E-state index is 0.0622. The molecule has 19 heavy (non-hydrogen) atoms. The van der Waals surface area contributed by atoms with E-state index in [9.17, 15) is 0 Å². The second kappa shape index (κ2) is 7.51. The van der Waals surface area contributed by atoms with Gasteiger partial charge in [0.15, 0.2) is 0 Å².